The summed E-state index contributed by atoms with van der Waals surface area (Å²) in [4.78, 5) is 23.5. The second-order valence-electron chi connectivity index (χ2n) is 4.81. The number of amides is 1. The van der Waals surface area contributed by atoms with E-state index in [4.69, 9.17) is 4.42 Å². The van der Waals surface area contributed by atoms with Gasteiger partial charge in [0.1, 0.15) is 5.76 Å². The molecule has 0 aromatic carbocycles. The minimum Gasteiger partial charge on any atom is -0.456 e. The highest BCUT2D eigenvalue weighted by molar-refractivity contribution is 5.91. The zero-order valence-corrected chi connectivity index (χ0v) is 11.9. The van der Waals surface area contributed by atoms with Crippen LogP contribution in [0.4, 0.5) is 0 Å². The van der Waals surface area contributed by atoms with Crippen LogP contribution >= 0.6 is 0 Å². The molecule has 0 fully saturated rings. The number of aromatic nitrogens is 2. The van der Waals surface area contributed by atoms with E-state index >= 15 is 0 Å². The minimum atomic E-state index is -0.418. The van der Waals surface area contributed by atoms with Crippen molar-refractivity contribution in [2.45, 2.75) is 33.7 Å². The molecule has 0 saturated carbocycles. The molecule has 2 N–H and O–H groups in total. The van der Waals surface area contributed by atoms with Crippen molar-refractivity contribution < 1.29 is 9.21 Å². The molecule has 0 aliphatic rings. The van der Waals surface area contributed by atoms with E-state index in [-0.39, 0.29) is 17.2 Å². The molecule has 0 radical (unpaired) electrons. The molecule has 1 amide bonds. The Hall–Kier alpha value is -2.37. The van der Waals surface area contributed by atoms with E-state index < -0.39 is 5.91 Å². The maximum Gasteiger partial charge on any atom is 0.287 e. The predicted octanol–water partition coefficient (Wildman–Crippen LogP) is 1.78. The summed E-state index contributed by atoms with van der Waals surface area (Å²) >= 11 is 0. The van der Waals surface area contributed by atoms with Gasteiger partial charge in [0.15, 0.2) is 11.2 Å². The molecule has 2 rings (SSSR count). The first-order valence-electron chi connectivity index (χ1n) is 6.32. The smallest absolute Gasteiger partial charge is 0.287 e. The van der Waals surface area contributed by atoms with Gasteiger partial charge in [0, 0.05) is 23.4 Å². The van der Waals surface area contributed by atoms with Crippen LogP contribution in [0.5, 0.6) is 0 Å². The highest BCUT2D eigenvalue weighted by Crippen LogP contribution is 2.19. The van der Waals surface area contributed by atoms with E-state index in [0.717, 1.165) is 17.0 Å². The maximum absolute atomic E-state index is 12.1. The average Bonchev–Trinajstić information content (AvgIpc) is 2.67. The first-order valence-corrected chi connectivity index (χ1v) is 6.32. The highest BCUT2D eigenvalue weighted by atomic mass is 16.3. The van der Waals surface area contributed by atoms with Gasteiger partial charge in [-0.1, -0.05) is 0 Å². The van der Waals surface area contributed by atoms with Crippen LogP contribution in [0.2, 0.25) is 0 Å². The fourth-order valence-electron chi connectivity index (χ4n) is 2.25. The molecule has 0 unspecified atom stereocenters. The van der Waals surface area contributed by atoms with Gasteiger partial charge in [0.25, 0.3) is 5.91 Å². The summed E-state index contributed by atoms with van der Waals surface area (Å²) in [5, 5.41) is 9.77. The molecule has 6 nitrogen and oxygen atoms in total. The summed E-state index contributed by atoms with van der Waals surface area (Å²) in [7, 11) is 0. The van der Waals surface area contributed by atoms with Crippen LogP contribution in [0.25, 0.3) is 0 Å². The fourth-order valence-corrected chi connectivity index (χ4v) is 2.25. The highest BCUT2D eigenvalue weighted by Gasteiger charge is 2.18. The van der Waals surface area contributed by atoms with Crippen LogP contribution in [-0.2, 0) is 0 Å². The Morgan fingerprint density at radius 2 is 2.05 bits per heavy atom. The lowest BCUT2D eigenvalue weighted by atomic mass is 10.1. The van der Waals surface area contributed by atoms with E-state index in [1.165, 1.54) is 12.1 Å². The van der Waals surface area contributed by atoms with Crippen LogP contribution in [0.15, 0.2) is 21.3 Å². The zero-order chi connectivity index (χ0) is 14.9. The fraction of sp³-hybridized carbons (Fsp3) is 0.357. The Labute approximate surface area is 116 Å². The maximum atomic E-state index is 12.1. The number of nitrogens with one attached hydrogen (secondary N) is 2. The molecule has 106 valence electrons. The van der Waals surface area contributed by atoms with Crippen molar-refractivity contribution in [3.8, 4) is 0 Å². The molecule has 0 aliphatic carbocycles. The Bertz CT molecular complexity index is 680. The van der Waals surface area contributed by atoms with Crippen molar-refractivity contribution in [2.75, 3.05) is 0 Å². The third-order valence-electron chi connectivity index (χ3n) is 3.08. The Morgan fingerprint density at radius 3 is 2.60 bits per heavy atom. The molecule has 2 heterocycles. The third kappa shape index (κ3) is 2.79. The van der Waals surface area contributed by atoms with Gasteiger partial charge in [-0.05, 0) is 27.7 Å². The van der Waals surface area contributed by atoms with E-state index in [2.05, 4.69) is 15.5 Å². The summed E-state index contributed by atoms with van der Waals surface area (Å²) in [6.07, 6.45) is 0. The summed E-state index contributed by atoms with van der Waals surface area (Å²) in [6, 6.07) is 2.29. The molecule has 2 aromatic heterocycles. The molecule has 20 heavy (non-hydrogen) atoms. The summed E-state index contributed by atoms with van der Waals surface area (Å²) in [5.74, 6) is 0.00456. The molecule has 1 atom stereocenters. The molecule has 0 spiro atoms. The van der Waals surface area contributed by atoms with E-state index in [0.29, 0.717) is 5.76 Å². The Morgan fingerprint density at radius 1 is 1.35 bits per heavy atom. The van der Waals surface area contributed by atoms with Crippen LogP contribution < -0.4 is 10.7 Å². The molecule has 6 heteroatoms. The second kappa shape index (κ2) is 5.32. The van der Waals surface area contributed by atoms with E-state index in [9.17, 15) is 9.59 Å². The molecule has 0 aliphatic heterocycles. The monoisotopic (exact) mass is 275 g/mol. The van der Waals surface area contributed by atoms with Gasteiger partial charge in [-0.3, -0.25) is 14.7 Å². The number of aryl methyl sites for hydroxylation is 3. The van der Waals surface area contributed by atoms with Gasteiger partial charge in [-0.25, -0.2) is 0 Å². The topological polar surface area (TPSA) is 88.0 Å². The number of rotatable bonds is 3. The van der Waals surface area contributed by atoms with Crippen LogP contribution in [0, 0.1) is 20.8 Å². The quantitative estimate of drug-likeness (QED) is 0.893. The number of hydrogen-bond donors (Lipinski definition) is 2. The summed E-state index contributed by atoms with van der Waals surface area (Å²) in [6.45, 7) is 7.25. The normalized spacial score (nSPS) is 12.2. The van der Waals surface area contributed by atoms with Gasteiger partial charge in [-0.2, -0.15) is 5.10 Å². The number of H-pyrrole nitrogens is 1. The first-order chi connectivity index (χ1) is 9.38. The first kappa shape index (κ1) is 14.0. The number of aromatic amines is 1. The van der Waals surface area contributed by atoms with Gasteiger partial charge in [0.05, 0.1) is 11.7 Å². The van der Waals surface area contributed by atoms with Crippen LogP contribution in [0.1, 0.15) is 46.2 Å². The molecular weight excluding hydrogens is 258 g/mol. The van der Waals surface area contributed by atoms with Crippen molar-refractivity contribution in [3.63, 3.8) is 0 Å². The van der Waals surface area contributed by atoms with Crippen molar-refractivity contribution in [2.24, 2.45) is 0 Å². The van der Waals surface area contributed by atoms with Crippen molar-refractivity contribution in [1.82, 2.24) is 15.5 Å². The van der Waals surface area contributed by atoms with Gasteiger partial charge in [0.2, 0.25) is 0 Å². The number of hydrogen-bond acceptors (Lipinski definition) is 4. The van der Waals surface area contributed by atoms with Crippen molar-refractivity contribution in [1.29, 1.82) is 0 Å². The molecule has 2 aromatic rings. The molecule has 0 bridgehead atoms. The molecular formula is C14H17N3O3. The lowest BCUT2D eigenvalue weighted by molar-refractivity contribution is 0.0907. The lowest BCUT2D eigenvalue weighted by Crippen LogP contribution is -2.28. The number of carbonyl (C=O) groups excluding carboxylic acids is 1. The van der Waals surface area contributed by atoms with E-state index in [1.807, 2.05) is 20.8 Å². The third-order valence-corrected chi connectivity index (χ3v) is 3.08. The van der Waals surface area contributed by atoms with Gasteiger partial charge < -0.3 is 9.73 Å². The minimum absolute atomic E-state index is 0.0145. The van der Waals surface area contributed by atoms with Crippen molar-refractivity contribution >= 4 is 5.91 Å². The van der Waals surface area contributed by atoms with Crippen LogP contribution in [-0.4, -0.2) is 16.1 Å². The van der Waals surface area contributed by atoms with Gasteiger partial charge >= 0.3 is 0 Å². The largest absolute Gasteiger partial charge is 0.456 e. The second-order valence-corrected chi connectivity index (χ2v) is 4.81. The summed E-state index contributed by atoms with van der Waals surface area (Å²) in [5.41, 5.74) is 2.43. The van der Waals surface area contributed by atoms with Gasteiger partial charge in [-0.15, -0.1) is 0 Å². The lowest BCUT2D eigenvalue weighted by Gasteiger charge is -2.14. The Kier molecular flexibility index (Phi) is 3.74. The number of nitrogens with zero attached hydrogens (tertiary/aromatic N) is 1. The molecule has 0 saturated heterocycles. The average molecular weight is 275 g/mol. The van der Waals surface area contributed by atoms with Crippen LogP contribution in [0.3, 0.4) is 0 Å². The standard InChI is InChI=1S/C14H17N3O3/c1-7-5-11(18)6-12(20-7)14(19)15-8(2)13-9(3)16-17-10(13)4/h5-6,8H,1-4H3,(H,15,19)(H,16,17)/t8-/m0/s1. The van der Waals surface area contributed by atoms with Crippen molar-refractivity contribution in [3.05, 3.63) is 50.8 Å². The SMILES string of the molecule is Cc1cc(=O)cc(C(=O)N[C@@H](C)c2c(C)n[nH]c2C)o1. The van der Waals surface area contributed by atoms with E-state index in [1.54, 1.807) is 6.92 Å². The zero-order valence-electron chi connectivity index (χ0n) is 11.9. The predicted molar refractivity (Wildman–Crippen MR) is 73.7 cm³/mol. The Balaban J connectivity index is 2.21. The number of carbonyl (C=O) groups is 1. The summed E-state index contributed by atoms with van der Waals surface area (Å²) < 4.78 is 5.26.